The smallest absolute Gasteiger partial charge is 0.409 e. The molecule has 0 aromatic carbocycles. The Balaban J connectivity index is 1.83. The van der Waals surface area contributed by atoms with E-state index in [1.807, 2.05) is 20.8 Å². The number of carbonyl (C=O) groups is 2. The first-order valence-electron chi connectivity index (χ1n) is 10.8. The molecular formula is C21H39N3O3. The van der Waals surface area contributed by atoms with Crippen molar-refractivity contribution in [3.63, 3.8) is 0 Å². The topological polar surface area (TPSA) is 61.9 Å². The van der Waals surface area contributed by atoms with Crippen molar-refractivity contribution in [1.29, 1.82) is 0 Å². The van der Waals surface area contributed by atoms with Gasteiger partial charge in [-0.05, 0) is 37.5 Å². The van der Waals surface area contributed by atoms with Crippen LogP contribution in [0.25, 0.3) is 0 Å². The van der Waals surface area contributed by atoms with E-state index in [-0.39, 0.29) is 24.1 Å². The number of nitrogens with zero attached hydrogens (tertiary/aromatic N) is 2. The molecule has 27 heavy (non-hydrogen) atoms. The Morgan fingerprint density at radius 3 is 2.48 bits per heavy atom. The van der Waals surface area contributed by atoms with Gasteiger partial charge in [-0.15, -0.1) is 0 Å². The molecule has 2 amide bonds. The predicted molar refractivity (Wildman–Crippen MR) is 108 cm³/mol. The first kappa shape index (κ1) is 22.0. The molecule has 2 rings (SSSR count). The highest BCUT2D eigenvalue weighted by Crippen LogP contribution is 2.29. The molecule has 2 aliphatic rings. The zero-order chi connectivity index (χ0) is 20.0. The Bertz CT molecular complexity index is 497. The van der Waals surface area contributed by atoms with Crippen molar-refractivity contribution in [1.82, 2.24) is 15.1 Å². The van der Waals surface area contributed by atoms with Gasteiger partial charge in [0.1, 0.15) is 0 Å². The molecule has 1 saturated carbocycles. The van der Waals surface area contributed by atoms with Crippen LogP contribution < -0.4 is 5.32 Å². The summed E-state index contributed by atoms with van der Waals surface area (Å²) in [4.78, 5) is 29.0. The summed E-state index contributed by atoms with van der Waals surface area (Å²) in [5, 5.41) is 3.30. The van der Waals surface area contributed by atoms with Crippen molar-refractivity contribution in [3.8, 4) is 0 Å². The van der Waals surface area contributed by atoms with E-state index in [4.69, 9.17) is 4.74 Å². The van der Waals surface area contributed by atoms with E-state index in [0.717, 1.165) is 19.4 Å². The van der Waals surface area contributed by atoms with Gasteiger partial charge >= 0.3 is 6.09 Å². The summed E-state index contributed by atoms with van der Waals surface area (Å²) in [7, 11) is 0. The standard InChI is InChI=1S/C21H39N3O3/c1-15(2)14-27-21(26)24-11-7-10-23(12-13-24)18(5)20(25)22-19-9-6-8-16(3)17(19)4/h15-19H,6-14H2,1-5H3,(H,22,25). The first-order valence-corrected chi connectivity index (χ1v) is 10.8. The highest BCUT2D eigenvalue weighted by Gasteiger charge is 2.31. The molecule has 1 aliphatic heterocycles. The zero-order valence-corrected chi connectivity index (χ0v) is 17.9. The van der Waals surface area contributed by atoms with Crippen LogP contribution >= 0.6 is 0 Å². The molecule has 0 aromatic heterocycles. The van der Waals surface area contributed by atoms with Gasteiger partial charge in [-0.2, -0.15) is 0 Å². The number of ether oxygens (including phenoxy) is 1. The fourth-order valence-electron chi connectivity index (χ4n) is 4.09. The van der Waals surface area contributed by atoms with Crippen LogP contribution in [0.2, 0.25) is 0 Å². The number of rotatable bonds is 5. The predicted octanol–water partition coefficient (Wildman–Crippen LogP) is 3.12. The summed E-state index contributed by atoms with van der Waals surface area (Å²) in [6.07, 6.45) is 4.18. The Hall–Kier alpha value is -1.30. The average Bonchev–Trinajstić information content (AvgIpc) is 2.89. The number of hydrogen-bond acceptors (Lipinski definition) is 4. The van der Waals surface area contributed by atoms with Crippen LogP contribution in [0.5, 0.6) is 0 Å². The van der Waals surface area contributed by atoms with Gasteiger partial charge in [0.05, 0.1) is 12.6 Å². The lowest BCUT2D eigenvalue weighted by Gasteiger charge is -2.36. The third-order valence-electron chi connectivity index (χ3n) is 6.29. The Morgan fingerprint density at radius 2 is 1.78 bits per heavy atom. The van der Waals surface area contributed by atoms with E-state index >= 15 is 0 Å². The van der Waals surface area contributed by atoms with Crippen molar-refractivity contribution in [2.24, 2.45) is 17.8 Å². The van der Waals surface area contributed by atoms with E-state index in [9.17, 15) is 9.59 Å². The van der Waals surface area contributed by atoms with Gasteiger partial charge in [-0.3, -0.25) is 9.69 Å². The van der Waals surface area contributed by atoms with Gasteiger partial charge in [0.25, 0.3) is 0 Å². The highest BCUT2D eigenvalue weighted by molar-refractivity contribution is 5.81. The van der Waals surface area contributed by atoms with Crippen molar-refractivity contribution in [2.45, 2.75) is 72.4 Å². The lowest BCUT2D eigenvalue weighted by atomic mass is 9.78. The van der Waals surface area contributed by atoms with Crippen molar-refractivity contribution >= 4 is 12.0 Å². The van der Waals surface area contributed by atoms with Crippen LogP contribution in [0.1, 0.15) is 60.3 Å². The molecule has 2 fully saturated rings. The zero-order valence-electron chi connectivity index (χ0n) is 17.9. The maximum absolute atomic E-state index is 12.8. The monoisotopic (exact) mass is 381 g/mol. The molecular weight excluding hydrogens is 342 g/mol. The van der Waals surface area contributed by atoms with E-state index in [0.29, 0.717) is 44.0 Å². The van der Waals surface area contributed by atoms with E-state index in [2.05, 4.69) is 24.1 Å². The minimum Gasteiger partial charge on any atom is -0.449 e. The molecule has 1 N–H and O–H groups in total. The van der Waals surface area contributed by atoms with E-state index < -0.39 is 0 Å². The van der Waals surface area contributed by atoms with Gasteiger partial charge < -0.3 is 15.0 Å². The third kappa shape index (κ3) is 6.37. The van der Waals surface area contributed by atoms with Crippen LogP contribution in [0.4, 0.5) is 4.79 Å². The van der Waals surface area contributed by atoms with Crippen LogP contribution in [-0.4, -0.2) is 66.7 Å². The van der Waals surface area contributed by atoms with Gasteiger partial charge in [-0.1, -0.05) is 40.5 Å². The van der Waals surface area contributed by atoms with Crippen LogP contribution in [0.15, 0.2) is 0 Å². The average molecular weight is 382 g/mol. The molecule has 4 unspecified atom stereocenters. The molecule has 0 spiro atoms. The second kappa shape index (κ2) is 10.3. The number of amides is 2. The quantitative estimate of drug-likeness (QED) is 0.795. The molecule has 0 aromatic rings. The summed E-state index contributed by atoms with van der Waals surface area (Å²) in [5.74, 6) is 1.66. The molecule has 0 radical (unpaired) electrons. The Morgan fingerprint density at radius 1 is 1.04 bits per heavy atom. The van der Waals surface area contributed by atoms with Crippen LogP contribution in [0, 0.1) is 17.8 Å². The summed E-state index contributed by atoms with van der Waals surface area (Å²) in [5.41, 5.74) is 0. The van der Waals surface area contributed by atoms with Gasteiger partial charge in [-0.25, -0.2) is 4.79 Å². The maximum Gasteiger partial charge on any atom is 0.409 e. The molecule has 4 atom stereocenters. The van der Waals surface area contributed by atoms with Gasteiger partial charge in [0.2, 0.25) is 5.91 Å². The summed E-state index contributed by atoms with van der Waals surface area (Å²) < 4.78 is 5.35. The van der Waals surface area contributed by atoms with Gasteiger partial charge in [0.15, 0.2) is 0 Å². The molecule has 0 bridgehead atoms. The van der Waals surface area contributed by atoms with E-state index in [1.54, 1.807) is 4.90 Å². The largest absolute Gasteiger partial charge is 0.449 e. The van der Waals surface area contributed by atoms with Crippen LogP contribution in [0.3, 0.4) is 0 Å². The molecule has 1 aliphatic carbocycles. The maximum atomic E-state index is 12.8. The highest BCUT2D eigenvalue weighted by atomic mass is 16.6. The molecule has 6 nitrogen and oxygen atoms in total. The Labute approximate surface area is 165 Å². The fraction of sp³-hybridized carbons (Fsp3) is 0.905. The SMILES string of the molecule is CC(C)COC(=O)N1CCCN(C(C)C(=O)NC2CCCC(C)C2C)CC1. The molecule has 1 heterocycles. The first-order chi connectivity index (χ1) is 12.8. The number of carbonyl (C=O) groups excluding carboxylic acids is 2. The molecule has 156 valence electrons. The van der Waals surface area contributed by atoms with E-state index in [1.165, 1.54) is 12.8 Å². The number of hydrogen-bond donors (Lipinski definition) is 1. The van der Waals surface area contributed by atoms with Crippen LogP contribution in [-0.2, 0) is 9.53 Å². The fourth-order valence-corrected chi connectivity index (χ4v) is 4.09. The minimum atomic E-state index is -0.229. The molecule has 6 heteroatoms. The van der Waals surface area contributed by atoms with Crippen molar-refractivity contribution < 1.29 is 14.3 Å². The molecule has 1 saturated heterocycles. The van der Waals surface area contributed by atoms with Gasteiger partial charge in [0, 0.05) is 32.2 Å². The van der Waals surface area contributed by atoms with Crippen molar-refractivity contribution in [2.75, 3.05) is 32.8 Å². The summed E-state index contributed by atoms with van der Waals surface area (Å²) in [6.45, 7) is 13.9. The normalized spacial score (nSPS) is 28.5. The second-order valence-corrected chi connectivity index (χ2v) is 8.91. The summed E-state index contributed by atoms with van der Waals surface area (Å²) in [6, 6.07) is 0.124. The van der Waals surface area contributed by atoms with Crippen molar-refractivity contribution in [3.05, 3.63) is 0 Å². The Kier molecular flexibility index (Phi) is 8.39. The third-order valence-corrected chi connectivity index (χ3v) is 6.29. The second-order valence-electron chi connectivity index (χ2n) is 8.91. The lowest BCUT2D eigenvalue weighted by Crippen LogP contribution is -2.52. The minimum absolute atomic E-state index is 0.122. The summed E-state index contributed by atoms with van der Waals surface area (Å²) >= 11 is 0. The number of nitrogens with one attached hydrogen (secondary N) is 1. The lowest BCUT2D eigenvalue weighted by molar-refractivity contribution is -0.127.